The van der Waals surface area contributed by atoms with Crippen molar-refractivity contribution in [2.24, 2.45) is 0 Å². The van der Waals surface area contributed by atoms with E-state index >= 15 is 0 Å². The number of nitrogens with one attached hydrogen (secondary N) is 1. The molecule has 0 aromatic heterocycles. The predicted molar refractivity (Wildman–Crippen MR) is 61.9 cm³/mol. The Morgan fingerprint density at radius 2 is 1.83 bits per heavy atom. The van der Waals surface area contributed by atoms with Crippen LogP contribution in [0.3, 0.4) is 0 Å². The van der Waals surface area contributed by atoms with Gasteiger partial charge >= 0.3 is 6.18 Å². The molecule has 0 unspecified atom stereocenters. The first-order valence-corrected chi connectivity index (χ1v) is 6.79. The van der Waals surface area contributed by atoms with Gasteiger partial charge in [-0.15, -0.1) is 0 Å². The molecule has 1 aromatic rings. The number of benzene rings is 1. The monoisotopic (exact) mass is 301 g/mol. The molecule has 0 saturated heterocycles. The molecule has 0 heterocycles. The van der Waals surface area contributed by atoms with Gasteiger partial charge in [-0.05, 0) is 32.0 Å². The summed E-state index contributed by atoms with van der Waals surface area (Å²) in [6.45, 7) is 3.11. The van der Waals surface area contributed by atoms with E-state index in [0.717, 1.165) is 12.1 Å². The third-order valence-corrected chi connectivity index (χ3v) is 4.08. The topological polar surface area (TPSA) is 46.2 Å². The first-order valence-electron chi connectivity index (χ1n) is 4.93. The van der Waals surface area contributed by atoms with Crippen molar-refractivity contribution in [3.63, 3.8) is 0 Å². The SMILES string of the molecule is CC(C)NS(=O)(=O)c1cc(C(F)(F)F)ccc1Cl. The fourth-order valence-electron chi connectivity index (χ4n) is 1.26. The minimum absolute atomic E-state index is 0.254. The number of halogens is 4. The molecule has 3 nitrogen and oxygen atoms in total. The molecule has 0 bridgehead atoms. The predicted octanol–water partition coefficient (Wildman–Crippen LogP) is 3.05. The average molecular weight is 302 g/mol. The summed E-state index contributed by atoms with van der Waals surface area (Å²) in [6, 6.07) is 1.73. The lowest BCUT2D eigenvalue weighted by Crippen LogP contribution is -2.30. The number of sulfonamides is 1. The zero-order chi connectivity index (χ0) is 14.1. The average Bonchev–Trinajstić information content (AvgIpc) is 2.13. The van der Waals surface area contributed by atoms with Gasteiger partial charge in [0.1, 0.15) is 4.90 Å². The highest BCUT2D eigenvalue weighted by Crippen LogP contribution is 2.33. The maximum atomic E-state index is 12.5. The van der Waals surface area contributed by atoms with Crippen LogP contribution in [0.15, 0.2) is 23.1 Å². The number of alkyl halides is 3. The second kappa shape index (κ2) is 5.07. The fourth-order valence-corrected chi connectivity index (χ4v) is 3.04. The fraction of sp³-hybridized carbons (Fsp3) is 0.400. The first kappa shape index (κ1) is 15.3. The van der Waals surface area contributed by atoms with Crippen LogP contribution in [0, 0.1) is 0 Å². The summed E-state index contributed by atoms with van der Waals surface area (Å²) in [7, 11) is -4.05. The van der Waals surface area contributed by atoms with E-state index in [-0.39, 0.29) is 5.02 Å². The van der Waals surface area contributed by atoms with Gasteiger partial charge in [0.05, 0.1) is 10.6 Å². The van der Waals surface area contributed by atoms with Crippen molar-refractivity contribution in [1.82, 2.24) is 4.72 Å². The van der Waals surface area contributed by atoms with Crippen LogP contribution in [0.25, 0.3) is 0 Å². The number of hydrogen-bond donors (Lipinski definition) is 1. The molecule has 0 aliphatic heterocycles. The van der Waals surface area contributed by atoms with Crippen molar-refractivity contribution in [1.29, 1.82) is 0 Å². The van der Waals surface area contributed by atoms with E-state index < -0.39 is 32.7 Å². The van der Waals surface area contributed by atoms with E-state index in [0.29, 0.717) is 6.07 Å². The molecule has 102 valence electrons. The molecule has 0 radical (unpaired) electrons. The Morgan fingerprint density at radius 3 is 2.28 bits per heavy atom. The highest BCUT2D eigenvalue weighted by molar-refractivity contribution is 7.89. The molecular weight excluding hydrogens is 291 g/mol. The van der Waals surface area contributed by atoms with Crippen LogP contribution in [-0.4, -0.2) is 14.5 Å². The van der Waals surface area contributed by atoms with Gasteiger partial charge in [0, 0.05) is 6.04 Å². The van der Waals surface area contributed by atoms with Crippen LogP contribution in [0.1, 0.15) is 19.4 Å². The van der Waals surface area contributed by atoms with Crippen molar-refractivity contribution in [3.05, 3.63) is 28.8 Å². The Hall–Kier alpha value is -0.790. The van der Waals surface area contributed by atoms with Gasteiger partial charge < -0.3 is 0 Å². The molecular formula is C10H11ClF3NO2S. The Kier molecular flexibility index (Phi) is 4.30. The number of hydrogen-bond acceptors (Lipinski definition) is 2. The molecule has 1 aromatic carbocycles. The summed E-state index contributed by atoms with van der Waals surface area (Å²) in [5.41, 5.74) is -1.06. The zero-order valence-corrected chi connectivity index (χ0v) is 11.1. The van der Waals surface area contributed by atoms with Gasteiger partial charge in [-0.2, -0.15) is 13.2 Å². The van der Waals surface area contributed by atoms with Crippen molar-refractivity contribution in [2.45, 2.75) is 31.0 Å². The van der Waals surface area contributed by atoms with Crippen LogP contribution < -0.4 is 4.72 Å². The van der Waals surface area contributed by atoms with E-state index in [1.165, 1.54) is 0 Å². The molecule has 8 heteroatoms. The summed E-state index contributed by atoms with van der Waals surface area (Å²) in [6.07, 6.45) is -4.62. The number of rotatable bonds is 3. The van der Waals surface area contributed by atoms with Crippen molar-refractivity contribution in [3.8, 4) is 0 Å². The van der Waals surface area contributed by atoms with Gasteiger partial charge in [0.25, 0.3) is 0 Å². The lowest BCUT2D eigenvalue weighted by atomic mass is 10.2. The summed E-state index contributed by atoms with van der Waals surface area (Å²) < 4.78 is 63.2. The third-order valence-electron chi connectivity index (χ3n) is 1.94. The summed E-state index contributed by atoms with van der Waals surface area (Å²) in [4.78, 5) is -0.576. The second-order valence-electron chi connectivity index (χ2n) is 3.92. The maximum Gasteiger partial charge on any atom is 0.416 e. The molecule has 1 N–H and O–H groups in total. The molecule has 0 aliphatic rings. The van der Waals surface area contributed by atoms with Gasteiger partial charge in [0.15, 0.2) is 0 Å². The second-order valence-corrected chi connectivity index (χ2v) is 6.01. The van der Waals surface area contributed by atoms with Crippen molar-refractivity contribution >= 4 is 21.6 Å². The smallest absolute Gasteiger partial charge is 0.209 e. The Bertz CT molecular complexity index is 541. The van der Waals surface area contributed by atoms with E-state index in [4.69, 9.17) is 11.6 Å². The Morgan fingerprint density at radius 1 is 1.28 bits per heavy atom. The molecule has 1 rings (SSSR count). The van der Waals surface area contributed by atoms with Crippen LogP contribution in [0.4, 0.5) is 13.2 Å². The standard InChI is InChI=1S/C10H11ClF3NO2S/c1-6(2)15-18(16,17)9-5-7(10(12,13)14)3-4-8(9)11/h3-6,15H,1-2H3. The summed E-state index contributed by atoms with van der Waals surface area (Å²) in [5.74, 6) is 0. The van der Waals surface area contributed by atoms with Crippen LogP contribution in [-0.2, 0) is 16.2 Å². The van der Waals surface area contributed by atoms with Gasteiger partial charge in [0.2, 0.25) is 10.0 Å². The molecule has 0 atom stereocenters. The Balaban J connectivity index is 3.33. The van der Waals surface area contributed by atoms with Gasteiger partial charge in [-0.1, -0.05) is 11.6 Å². The molecule has 18 heavy (non-hydrogen) atoms. The van der Waals surface area contributed by atoms with Crippen LogP contribution in [0.2, 0.25) is 5.02 Å². The first-order chi connectivity index (χ1) is 8.04. The largest absolute Gasteiger partial charge is 0.416 e. The minimum Gasteiger partial charge on any atom is -0.209 e. The van der Waals surface area contributed by atoms with Crippen molar-refractivity contribution in [2.75, 3.05) is 0 Å². The van der Waals surface area contributed by atoms with E-state index in [2.05, 4.69) is 4.72 Å². The van der Waals surface area contributed by atoms with Gasteiger partial charge in [-0.25, -0.2) is 13.1 Å². The minimum atomic E-state index is -4.62. The van der Waals surface area contributed by atoms with Crippen LogP contribution >= 0.6 is 11.6 Å². The molecule has 0 aliphatic carbocycles. The van der Waals surface area contributed by atoms with E-state index in [1.807, 2.05) is 0 Å². The maximum absolute atomic E-state index is 12.5. The highest BCUT2D eigenvalue weighted by atomic mass is 35.5. The van der Waals surface area contributed by atoms with Gasteiger partial charge in [-0.3, -0.25) is 0 Å². The molecule has 0 saturated carbocycles. The van der Waals surface area contributed by atoms with Crippen molar-refractivity contribution < 1.29 is 21.6 Å². The van der Waals surface area contributed by atoms with Crippen LogP contribution in [0.5, 0.6) is 0 Å². The zero-order valence-electron chi connectivity index (χ0n) is 9.55. The molecule has 0 spiro atoms. The normalized spacial score (nSPS) is 13.1. The molecule has 0 amide bonds. The third kappa shape index (κ3) is 3.60. The van der Waals surface area contributed by atoms with E-state index in [9.17, 15) is 21.6 Å². The quantitative estimate of drug-likeness (QED) is 0.932. The Labute approximate surface area is 108 Å². The summed E-state index contributed by atoms with van der Waals surface area (Å²) >= 11 is 5.63. The molecule has 0 fully saturated rings. The lowest BCUT2D eigenvalue weighted by molar-refractivity contribution is -0.137. The van der Waals surface area contributed by atoms with E-state index in [1.54, 1.807) is 13.8 Å². The highest BCUT2D eigenvalue weighted by Gasteiger charge is 2.32. The lowest BCUT2D eigenvalue weighted by Gasteiger charge is -2.13. The summed E-state index contributed by atoms with van der Waals surface area (Å²) in [5, 5.41) is -0.254.